The Morgan fingerprint density at radius 3 is 2.65 bits per heavy atom. The zero-order chi connectivity index (χ0) is 24.1. The average Bonchev–Trinajstić information content (AvgIpc) is 3.46. The first-order chi connectivity index (χ1) is 16.4. The molecule has 0 bridgehead atoms. The van der Waals surface area contributed by atoms with E-state index in [9.17, 15) is 0 Å². The summed E-state index contributed by atoms with van der Waals surface area (Å²) in [5.74, 6) is 6.08. The van der Waals surface area contributed by atoms with E-state index >= 15 is 0 Å². The zero-order valence-corrected chi connectivity index (χ0v) is 23.1. The number of rotatable bonds is 7. The van der Waals surface area contributed by atoms with E-state index in [1.54, 1.807) is 0 Å². The van der Waals surface area contributed by atoms with Crippen LogP contribution in [0.2, 0.25) is 0 Å². The molecule has 4 saturated carbocycles. The molecule has 3 heteroatoms. The number of nitrogens with zero attached hydrogens (tertiary/aromatic N) is 2. The Kier molecular flexibility index (Phi) is 6.99. The lowest BCUT2D eigenvalue weighted by Crippen LogP contribution is -2.55. The van der Waals surface area contributed by atoms with Crippen molar-refractivity contribution in [3.63, 3.8) is 0 Å². The molecule has 1 heterocycles. The number of ether oxygens (including phenoxy) is 1. The molecule has 1 aromatic rings. The van der Waals surface area contributed by atoms with Crippen LogP contribution in [-0.2, 0) is 11.3 Å². The fraction of sp³-hybridized carbons (Fsp3) is 0.903. The second-order valence-corrected chi connectivity index (χ2v) is 13.4. The van der Waals surface area contributed by atoms with Gasteiger partial charge < -0.3 is 4.74 Å². The van der Waals surface area contributed by atoms with Crippen molar-refractivity contribution in [1.82, 2.24) is 9.78 Å². The molecule has 0 radical (unpaired) electrons. The summed E-state index contributed by atoms with van der Waals surface area (Å²) in [7, 11) is 1.95. The topological polar surface area (TPSA) is 27.1 Å². The van der Waals surface area contributed by atoms with Crippen LogP contribution in [0, 0.1) is 46.3 Å². The molecule has 3 nitrogen and oxygen atoms in total. The fourth-order valence-corrected chi connectivity index (χ4v) is 10.1. The monoisotopic (exact) mass is 468 g/mol. The highest BCUT2D eigenvalue weighted by atomic mass is 16.5. The highest BCUT2D eigenvalue weighted by Gasteiger charge is 2.61. The van der Waals surface area contributed by atoms with Crippen LogP contribution in [0.15, 0.2) is 12.4 Å². The van der Waals surface area contributed by atoms with Crippen molar-refractivity contribution < 1.29 is 4.74 Å². The summed E-state index contributed by atoms with van der Waals surface area (Å²) in [5.41, 5.74) is 2.48. The van der Waals surface area contributed by atoms with Gasteiger partial charge in [-0.1, -0.05) is 41.0 Å². The molecule has 0 saturated heterocycles. The van der Waals surface area contributed by atoms with Gasteiger partial charge in [-0.3, -0.25) is 4.68 Å². The lowest BCUT2D eigenvalue weighted by molar-refractivity contribution is -0.137. The van der Waals surface area contributed by atoms with Gasteiger partial charge in [0.25, 0.3) is 0 Å². The molecule has 0 spiro atoms. The van der Waals surface area contributed by atoms with E-state index < -0.39 is 0 Å². The molecule has 1 aromatic heterocycles. The van der Waals surface area contributed by atoms with Crippen molar-refractivity contribution in [2.45, 2.75) is 124 Å². The maximum atomic E-state index is 6.26. The van der Waals surface area contributed by atoms with Gasteiger partial charge in [0, 0.05) is 13.3 Å². The Bertz CT molecular complexity index is 833. The van der Waals surface area contributed by atoms with Gasteiger partial charge in [0.2, 0.25) is 0 Å². The Morgan fingerprint density at radius 2 is 1.91 bits per heavy atom. The van der Waals surface area contributed by atoms with E-state index in [4.69, 9.17) is 9.84 Å². The Labute approximate surface area is 209 Å². The number of hydrogen-bond donors (Lipinski definition) is 0. The molecular weight excluding hydrogens is 416 g/mol. The largest absolute Gasteiger partial charge is 0.379 e. The quantitative estimate of drug-likeness (QED) is 0.404. The van der Waals surface area contributed by atoms with E-state index in [2.05, 4.69) is 51.7 Å². The summed E-state index contributed by atoms with van der Waals surface area (Å²) in [6, 6.07) is 0. The van der Waals surface area contributed by atoms with Gasteiger partial charge >= 0.3 is 0 Å². The van der Waals surface area contributed by atoms with Crippen LogP contribution in [0.4, 0.5) is 0 Å². The van der Waals surface area contributed by atoms with E-state index in [1.807, 2.05) is 7.11 Å². The number of aromatic nitrogens is 2. The maximum absolute atomic E-state index is 6.26. The first-order valence-electron chi connectivity index (χ1n) is 14.9. The lowest BCUT2D eigenvalue weighted by atomic mass is 9.43. The third-order valence-corrected chi connectivity index (χ3v) is 12.3. The average molecular weight is 469 g/mol. The first-order valence-corrected chi connectivity index (χ1v) is 14.9. The second kappa shape index (κ2) is 9.56. The summed E-state index contributed by atoms with van der Waals surface area (Å²) in [5, 5.41) is 4.74. The predicted octanol–water partition coefficient (Wildman–Crippen LogP) is 8.10. The number of fused-ring (bicyclic) bond motifs is 5. The van der Waals surface area contributed by atoms with Gasteiger partial charge in [0.1, 0.15) is 0 Å². The molecule has 0 aromatic carbocycles. The molecule has 4 aliphatic carbocycles. The van der Waals surface area contributed by atoms with Crippen molar-refractivity contribution in [3.05, 3.63) is 18.0 Å². The normalized spacial score (nSPS) is 43.6. The highest BCUT2D eigenvalue weighted by Crippen LogP contribution is 2.69. The van der Waals surface area contributed by atoms with Gasteiger partial charge in [-0.15, -0.1) is 0 Å². The van der Waals surface area contributed by atoms with Crippen LogP contribution in [0.3, 0.4) is 0 Å². The van der Waals surface area contributed by atoms with Crippen molar-refractivity contribution in [3.8, 4) is 0 Å². The zero-order valence-electron chi connectivity index (χ0n) is 23.1. The molecule has 0 aliphatic heterocycles. The van der Waals surface area contributed by atoms with Gasteiger partial charge in [-0.2, -0.15) is 5.10 Å². The first kappa shape index (κ1) is 24.8. The molecule has 192 valence electrons. The standard InChI is InChI=1S/C31H52N2O/c1-7-22(4)23-18-32-33(19-23)20-29(34-6)28-12-11-26-25-10-9-24-17-21(3)13-16-31(24,8-2)27(25)14-15-30(26,28)5/h18-19,21-22,24-29H,7-17,20H2,1-6H3. The van der Waals surface area contributed by atoms with Crippen LogP contribution in [0.1, 0.15) is 117 Å². The third kappa shape index (κ3) is 3.91. The Morgan fingerprint density at radius 1 is 1.09 bits per heavy atom. The van der Waals surface area contributed by atoms with Crippen LogP contribution < -0.4 is 0 Å². The van der Waals surface area contributed by atoms with Crippen LogP contribution >= 0.6 is 0 Å². The smallest absolute Gasteiger partial charge is 0.0800 e. The van der Waals surface area contributed by atoms with Crippen LogP contribution in [-0.4, -0.2) is 23.0 Å². The fourth-order valence-electron chi connectivity index (χ4n) is 10.1. The summed E-state index contributed by atoms with van der Waals surface area (Å²) in [4.78, 5) is 0. The molecule has 4 fully saturated rings. The molecule has 10 atom stereocenters. The maximum Gasteiger partial charge on any atom is 0.0800 e. The van der Waals surface area contributed by atoms with Crippen molar-refractivity contribution in [2.24, 2.45) is 46.3 Å². The molecule has 4 aliphatic rings. The van der Waals surface area contributed by atoms with Crippen molar-refractivity contribution in [1.29, 1.82) is 0 Å². The summed E-state index contributed by atoms with van der Waals surface area (Å²) in [6.45, 7) is 13.2. The lowest BCUT2D eigenvalue weighted by Gasteiger charge is -2.62. The van der Waals surface area contributed by atoms with Gasteiger partial charge in [0.15, 0.2) is 0 Å². The molecule has 34 heavy (non-hydrogen) atoms. The van der Waals surface area contributed by atoms with E-state index in [1.165, 1.54) is 76.2 Å². The molecule has 0 N–H and O–H groups in total. The number of hydrogen-bond acceptors (Lipinski definition) is 2. The van der Waals surface area contributed by atoms with E-state index in [0.717, 1.165) is 36.1 Å². The predicted molar refractivity (Wildman–Crippen MR) is 141 cm³/mol. The second-order valence-electron chi connectivity index (χ2n) is 13.4. The minimum atomic E-state index is 0.281. The van der Waals surface area contributed by atoms with Gasteiger partial charge in [-0.05, 0) is 122 Å². The van der Waals surface area contributed by atoms with Crippen LogP contribution in [0.25, 0.3) is 0 Å². The minimum Gasteiger partial charge on any atom is -0.379 e. The molecule has 10 unspecified atom stereocenters. The third-order valence-electron chi connectivity index (χ3n) is 12.3. The molecular formula is C31H52N2O. The SMILES string of the molecule is CCC(C)c1cnn(CC(OC)C2CCC3C4CCC5CC(C)CCC5(CC)C4CCC23C)c1. The van der Waals surface area contributed by atoms with E-state index in [-0.39, 0.29) is 6.10 Å². The number of methoxy groups -OCH3 is 1. The Balaban J connectivity index is 1.34. The minimum absolute atomic E-state index is 0.281. The highest BCUT2D eigenvalue weighted by molar-refractivity contribution is 5.12. The molecule has 5 rings (SSSR count). The van der Waals surface area contributed by atoms with Crippen molar-refractivity contribution in [2.75, 3.05) is 7.11 Å². The summed E-state index contributed by atoms with van der Waals surface area (Å²) in [6.07, 6.45) is 20.4. The van der Waals surface area contributed by atoms with Crippen LogP contribution in [0.5, 0.6) is 0 Å². The van der Waals surface area contributed by atoms with Gasteiger partial charge in [0.05, 0.1) is 18.8 Å². The molecule has 0 amide bonds. The van der Waals surface area contributed by atoms with Gasteiger partial charge in [-0.25, -0.2) is 0 Å². The van der Waals surface area contributed by atoms with E-state index in [0.29, 0.717) is 22.7 Å². The van der Waals surface area contributed by atoms with Crippen molar-refractivity contribution >= 4 is 0 Å². The summed E-state index contributed by atoms with van der Waals surface area (Å²) < 4.78 is 8.44. The Hall–Kier alpha value is -0.830. The summed E-state index contributed by atoms with van der Waals surface area (Å²) >= 11 is 0.